The van der Waals surface area contributed by atoms with Gasteiger partial charge in [-0.05, 0) is 37.3 Å². The van der Waals surface area contributed by atoms with Crippen LogP contribution in [0.15, 0.2) is 29.5 Å². The second kappa shape index (κ2) is 7.25. The number of rotatable bonds is 5. The lowest BCUT2D eigenvalue weighted by atomic mass is 10.0. The van der Waals surface area contributed by atoms with Gasteiger partial charge in [-0.1, -0.05) is 23.8 Å². The zero-order chi connectivity index (χ0) is 19.8. The molecular weight excluding hydrogens is 361 g/mol. The first-order chi connectivity index (χ1) is 12.7. The topological polar surface area (TPSA) is 69.6 Å². The lowest BCUT2D eigenvalue weighted by molar-refractivity contribution is -0.139. The third kappa shape index (κ3) is 4.26. The van der Waals surface area contributed by atoms with Crippen molar-refractivity contribution < 1.29 is 27.9 Å². The Kier molecular flexibility index (Phi) is 5.17. The highest BCUT2D eigenvalue weighted by Gasteiger charge is 2.36. The van der Waals surface area contributed by atoms with Crippen molar-refractivity contribution in [2.24, 2.45) is 0 Å². The number of carbonyl (C=O) groups excluding carboxylic acids is 2. The first kappa shape index (κ1) is 19.3. The smallest absolute Gasteiger partial charge is 0.389 e. The maximum atomic E-state index is 12.5. The van der Waals surface area contributed by atoms with Crippen molar-refractivity contribution >= 4 is 11.8 Å². The minimum atomic E-state index is -4.30. The number of halogens is 3. The molecule has 146 valence electrons. The van der Waals surface area contributed by atoms with Gasteiger partial charge < -0.3 is 15.3 Å². The number of amides is 2. The lowest BCUT2D eigenvalue weighted by Crippen LogP contribution is -2.32. The molecule has 0 saturated heterocycles. The summed E-state index contributed by atoms with van der Waals surface area (Å²) in [6.45, 7) is 1.62. The van der Waals surface area contributed by atoms with Gasteiger partial charge in [0, 0.05) is 13.0 Å². The number of nitrogens with zero attached hydrogens (tertiary/aromatic N) is 1. The number of hydrogen-bond donors (Lipinski definition) is 2. The van der Waals surface area contributed by atoms with Crippen LogP contribution in [-0.2, 0) is 16.0 Å². The standard InChI is InChI=1S/C19H21F3N2O3/c1-11-3-4-12-5-6-15(13(12)9-11)23-17(26)14-10-24(18(27)16(14)25)8-2-7-19(20,21)22/h3-4,9,15,25H,2,5-8,10H2,1H3,(H,23,26)/t15-/m1/s1. The first-order valence-electron chi connectivity index (χ1n) is 8.84. The third-order valence-electron chi connectivity index (χ3n) is 4.97. The minimum absolute atomic E-state index is 0.0897. The van der Waals surface area contributed by atoms with E-state index in [0.29, 0.717) is 0 Å². The molecule has 1 atom stereocenters. The molecule has 5 nitrogen and oxygen atoms in total. The molecule has 1 heterocycles. The van der Waals surface area contributed by atoms with E-state index in [9.17, 15) is 27.9 Å². The predicted octanol–water partition coefficient (Wildman–Crippen LogP) is 3.10. The highest BCUT2D eigenvalue weighted by atomic mass is 19.4. The fourth-order valence-corrected chi connectivity index (χ4v) is 3.56. The fraction of sp³-hybridized carbons (Fsp3) is 0.474. The number of aliphatic hydroxyl groups is 1. The Morgan fingerprint density at radius 3 is 2.81 bits per heavy atom. The Morgan fingerprint density at radius 2 is 2.11 bits per heavy atom. The zero-order valence-electron chi connectivity index (χ0n) is 14.9. The monoisotopic (exact) mass is 382 g/mol. The summed E-state index contributed by atoms with van der Waals surface area (Å²) >= 11 is 0. The molecule has 27 heavy (non-hydrogen) atoms. The van der Waals surface area contributed by atoms with E-state index in [-0.39, 0.29) is 31.1 Å². The second-order valence-electron chi connectivity index (χ2n) is 7.04. The Hall–Kier alpha value is -2.51. The van der Waals surface area contributed by atoms with Crippen LogP contribution in [-0.4, -0.2) is 41.1 Å². The van der Waals surface area contributed by atoms with Crippen LogP contribution in [0.2, 0.25) is 0 Å². The van der Waals surface area contributed by atoms with Gasteiger partial charge in [0.15, 0.2) is 5.76 Å². The van der Waals surface area contributed by atoms with Gasteiger partial charge in [0.05, 0.1) is 18.2 Å². The summed E-state index contributed by atoms with van der Waals surface area (Å²) in [4.78, 5) is 25.6. The van der Waals surface area contributed by atoms with Gasteiger partial charge in [-0.25, -0.2) is 0 Å². The second-order valence-corrected chi connectivity index (χ2v) is 7.04. The van der Waals surface area contributed by atoms with Crippen molar-refractivity contribution in [3.63, 3.8) is 0 Å². The van der Waals surface area contributed by atoms with Gasteiger partial charge in [-0.3, -0.25) is 9.59 Å². The van der Waals surface area contributed by atoms with Crippen LogP contribution < -0.4 is 5.32 Å². The van der Waals surface area contributed by atoms with Gasteiger partial charge in [-0.15, -0.1) is 0 Å². The molecule has 0 saturated carbocycles. The summed E-state index contributed by atoms with van der Waals surface area (Å²) < 4.78 is 36.8. The third-order valence-corrected chi connectivity index (χ3v) is 4.97. The van der Waals surface area contributed by atoms with Crippen LogP contribution in [0.3, 0.4) is 0 Å². The Bertz CT molecular complexity index is 802. The van der Waals surface area contributed by atoms with E-state index in [4.69, 9.17) is 0 Å². The van der Waals surface area contributed by atoms with E-state index >= 15 is 0 Å². The number of fused-ring (bicyclic) bond motifs is 1. The molecule has 8 heteroatoms. The average Bonchev–Trinajstić information content (AvgIpc) is 3.09. The van der Waals surface area contributed by atoms with Crippen LogP contribution >= 0.6 is 0 Å². The van der Waals surface area contributed by atoms with Crippen LogP contribution in [0.1, 0.15) is 42.0 Å². The van der Waals surface area contributed by atoms with Crippen molar-refractivity contribution in [3.8, 4) is 0 Å². The van der Waals surface area contributed by atoms with Gasteiger partial charge >= 0.3 is 6.18 Å². The minimum Gasteiger partial charge on any atom is -0.503 e. The maximum Gasteiger partial charge on any atom is 0.389 e. The molecule has 2 aliphatic rings. The average molecular weight is 382 g/mol. The number of benzene rings is 1. The number of alkyl halides is 3. The molecule has 0 unspecified atom stereocenters. The highest BCUT2D eigenvalue weighted by molar-refractivity contribution is 6.07. The number of nitrogens with one attached hydrogen (secondary N) is 1. The SMILES string of the molecule is Cc1ccc2c(c1)[C@H](NC(=O)C1=C(O)C(=O)N(CCCC(F)(F)F)C1)CC2. The van der Waals surface area contributed by atoms with Crippen molar-refractivity contribution in [2.45, 2.75) is 44.8 Å². The molecule has 0 aromatic heterocycles. The molecule has 0 radical (unpaired) electrons. The molecule has 3 rings (SSSR count). The molecule has 1 aromatic rings. The molecule has 2 amide bonds. The van der Waals surface area contributed by atoms with E-state index in [1.54, 1.807) is 0 Å². The largest absolute Gasteiger partial charge is 0.503 e. The molecule has 0 bridgehead atoms. The van der Waals surface area contributed by atoms with Crippen LogP contribution in [0.25, 0.3) is 0 Å². The molecule has 2 N–H and O–H groups in total. The van der Waals surface area contributed by atoms with Crippen LogP contribution in [0.5, 0.6) is 0 Å². The Morgan fingerprint density at radius 1 is 1.37 bits per heavy atom. The normalized spacial score (nSPS) is 19.6. The van der Waals surface area contributed by atoms with Crippen LogP contribution in [0.4, 0.5) is 13.2 Å². The highest BCUT2D eigenvalue weighted by Crippen LogP contribution is 2.32. The van der Waals surface area contributed by atoms with Crippen molar-refractivity contribution in [1.82, 2.24) is 10.2 Å². The van der Waals surface area contributed by atoms with Gasteiger partial charge in [0.2, 0.25) is 0 Å². The summed E-state index contributed by atoms with van der Waals surface area (Å²) in [5.41, 5.74) is 3.16. The molecular formula is C19H21F3N2O3. The molecule has 1 aliphatic carbocycles. The summed E-state index contributed by atoms with van der Waals surface area (Å²) in [6.07, 6.45) is -4.04. The molecule has 0 fully saturated rings. The zero-order valence-corrected chi connectivity index (χ0v) is 14.9. The van der Waals surface area contributed by atoms with Crippen molar-refractivity contribution in [2.75, 3.05) is 13.1 Å². The van der Waals surface area contributed by atoms with E-state index in [1.165, 1.54) is 0 Å². The summed E-state index contributed by atoms with van der Waals surface area (Å²) in [7, 11) is 0. The van der Waals surface area contributed by atoms with Crippen molar-refractivity contribution in [1.29, 1.82) is 0 Å². The summed E-state index contributed by atoms with van der Waals surface area (Å²) in [5.74, 6) is -2.04. The van der Waals surface area contributed by atoms with Gasteiger partial charge in [-0.2, -0.15) is 13.2 Å². The number of hydrogen-bond acceptors (Lipinski definition) is 3. The van der Waals surface area contributed by atoms with E-state index in [1.807, 2.05) is 25.1 Å². The number of carbonyl (C=O) groups is 2. The molecule has 0 spiro atoms. The maximum absolute atomic E-state index is 12.5. The summed E-state index contributed by atoms with van der Waals surface area (Å²) in [6, 6.07) is 5.83. The number of aryl methyl sites for hydroxylation is 2. The summed E-state index contributed by atoms with van der Waals surface area (Å²) in [5, 5.41) is 12.8. The first-order valence-corrected chi connectivity index (χ1v) is 8.84. The number of aliphatic hydroxyl groups excluding tert-OH is 1. The Labute approximate surface area is 154 Å². The van der Waals surface area contributed by atoms with E-state index in [0.717, 1.165) is 34.4 Å². The van der Waals surface area contributed by atoms with Gasteiger partial charge in [0.25, 0.3) is 11.8 Å². The lowest BCUT2D eigenvalue weighted by Gasteiger charge is -2.18. The fourth-order valence-electron chi connectivity index (χ4n) is 3.56. The predicted molar refractivity (Wildman–Crippen MR) is 91.9 cm³/mol. The van der Waals surface area contributed by atoms with Crippen LogP contribution in [0, 0.1) is 6.92 Å². The Balaban J connectivity index is 1.62. The molecule has 1 aliphatic heterocycles. The van der Waals surface area contributed by atoms with Crippen molar-refractivity contribution in [3.05, 3.63) is 46.2 Å². The van der Waals surface area contributed by atoms with E-state index in [2.05, 4.69) is 5.32 Å². The molecule has 1 aromatic carbocycles. The van der Waals surface area contributed by atoms with E-state index < -0.39 is 30.2 Å². The van der Waals surface area contributed by atoms with Gasteiger partial charge in [0.1, 0.15) is 0 Å². The quantitative estimate of drug-likeness (QED) is 0.822.